The molecule has 18 heavy (non-hydrogen) atoms. The van der Waals surface area contributed by atoms with Crippen molar-refractivity contribution in [1.29, 1.82) is 0 Å². The lowest BCUT2D eigenvalue weighted by Gasteiger charge is -2.07. The smallest absolute Gasteiger partial charge is 0.126 e. The predicted octanol–water partition coefficient (Wildman–Crippen LogP) is 4.26. The van der Waals surface area contributed by atoms with E-state index in [0.717, 1.165) is 17.6 Å². The van der Waals surface area contributed by atoms with Crippen LogP contribution in [0.4, 0.5) is 5.82 Å². The first-order valence-corrected chi connectivity index (χ1v) is 6.12. The fraction of sp³-hybridized carbons (Fsp3) is 0.188. The lowest BCUT2D eigenvalue weighted by molar-refractivity contribution is 1.31. The largest absolute Gasteiger partial charge is 0.373 e. The van der Waals surface area contributed by atoms with Crippen LogP contribution < -0.4 is 5.32 Å². The molecule has 0 aliphatic rings. The van der Waals surface area contributed by atoms with E-state index in [2.05, 4.69) is 54.1 Å². The number of fused-ring (bicyclic) bond motifs is 1. The molecule has 1 aromatic heterocycles. The molecule has 92 valence electrons. The maximum atomic E-state index is 4.31. The third kappa shape index (κ3) is 2.43. The fourth-order valence-electron chi connectivity index (χ4n) is 2.04. The maximum absolute atomic E-state index is 4.31. The molecule has 1 heterocycles. The van der Waals surface area contributed by atoms with E-state index >= 15 is 0 Å². The highest BCUT2D eigenvalue weighted by molar-refractivity contribution is 5.87. The van der Waals surface area contributed by atoms with E-state index in [1.807, 2.05) is 19.3 Å². The molecule has 2 rings (SSSR count). The van der Waals surface area contributed by atoms with Crippen molar-refractivity contribution in [2.24, 2.45) is 0 Å². The summed E-state index contributed by atoms with van der Waals surface area (Å²) >= 11 is 0. The number of pyridine rings is 1. The van der Waals surface area contributed by atoms with Gasteiger partial charge in [-0.15, -0.1) is 6.58 Å². The molecule has 0 spiro atoms. The van der Waals surface area contributed by atoms with Gasteiger partial charge in [0.1, 0.15) is 5.82 Å². The van der Waals surface area contributed by atoms with Gasteiger partial charge in [0.15, 0.2) is 0 Å². The predicted molar refractivity (Wildman–Crippen MR) is 79.8 cm³/mol. The molecule has 0 saturated heterocycles. The van der Waals surface area contributed by atoms with Crippen LogP contribution in [-0.2, 0) is 0 Å². The van der Waals surface area contributed by atoms with Gasteiger partial charge < -0.3 is 5.32 Å². The molecule has 0 aliphatic carbocycles. The Morgan fingerprint density at radius 3 is 2.83 bits per heavy atom. The molecular weight excluding hydrogens is 220 g/mol. The van der Waals surface area contributed by atoms with Crippen LogP contribution in [0.5, 0.6) is 0 Å². The van der Waals surface area contributed by atoms with E-state index in [1.165, 1.54) is 16.5 Å². The van der Waals surface area contributed by atoms with Gasteiger partial charge in [0, 0.05) is 18.6 Å². The Balaban J connectivity index is 2.51. The molecule has 2 heteroatoms. The Bertz CT molecular complexity index is 597. The second-order valence-electron chi connectivity index (χ2n) is 4.19. The highest BCUT2D eigenvalue weighted by Crippen LogP contribution is 2.24. The van der Waals surface area contributed by atoms with Gasteiger partial charge in [-0.05, 0) is 42.0 Å². The third-order valence-electron chi connectivity index (χ3n) is 3.06. The van der Waals surface area contributed by atoms with Gasteiger partial charge in [0.25, 0.3) is 0 Å². The Kier molecular flexibility index (Phi) is 3.78. The molecule has 0 amide bonds. The lowest BCUT2D eigenvalue weighted by Crippen LogP contribution is -1.91. The highest BCUT2D eigenvalue weighted by Gasteiger charge is 2.02. The minimum absolute atomic E-state index is 0.894. The summed E-state index contributed by atoms with van der Waals surface area (Å²) in [6.45, 7) is 5.87. The number of aromatic nitrogens is 1. The summed E-state index contributed by atoms with van der Waals surface area (Å²) in [5, 5.41) is 5.43. The number of rotatable bonds is 4. The van der Waals surface area contributed by atoms with E-state index in [9.17, 15) is 0 Å². The molecule has 0 fully saturated rings. The van der Waals surface area contributed by atoms with Gasteiger partial charge in [-0.1, -0.05) is 24.3 Å². The second-order valence-corrected chi connectivity index (χ2v) is 4.19. The molecule has 0 radical (unpaired) electrons. The normalized spacial score (nSPS) is 11.6. The summed E-state index contributed by atoms with van der Waals surface area (Å²) in [7, 11) is 1.88. The van der Waals surface area contributed by atoms with Gasteiger partial charge in [-0.3, -0.25) is 0 Å². The van der Waals surface area contributed by atoms with Crippen molar-refractivity contribution in [3.8, 4) is 0 Å². The summed E-state index contributed by atoms with van der Waals surface area (Å²) in [6, 6.07) is 8.53. The van der Waals surface area contributed by atoms with Crippen molar-refractivity contribution < 1.29 is 0 Å². The van der Waals surface area contributed by atoms with E-state index in [0.29, 0.717) is 0 Å². The molecule has 0 aliphatic heterocycles. The molecule has 2 nitrogen and oxygen atoms in total. The first kappa shape index (κ1) is 12.4. The van der Waals surface area contributed by atoms with Crippen LogP contribution in [-0.4, -0.2) is 12.0 Å². The van der Waals surface area contributed by atoms with Gasteiger partial charge >= 0.3 is 0 Å². The van der Waals surface area contributed by atoms with E-state index < -0.39 is 0 Å². The van der Waals surface area contributed by atoms with Crippen molar-refractivity contribution in [2.75, 3.05) is 12.4 Å². The number of benzene rings is 1. The molecule has 0 atom stereocenters. The van der Waals surface area contributed by atoms with Gasteiger partial charge in [-0.2, -0.15) is 0 Å². The topological polar surface area (TPSA) is 24.9 Å². The number of nitrogens with zero attached hydrogens (tertiary/aromatic N) is 1. The van der Waals surface area contributed by atoms with Crippen LogP contribution in [0.3, 0.4) is 0 Å². The minimum atomic E-state index is 0.894. The monoisotopic (exact) mass is 238 g/mol. The Labute approximate surface area is 108 Å². The molecule has 1 N–H and O–H groups in total. The summed E-state index contributed by atoms with van der Waals surface area (Å²) in [4.78, 5) is 4.31. The van der Waals surface area contributed by atoms with Crippen LogP contribution in [0, 0.1) is 0 Å². The molecule has 2 aromatic rings. The zero-order chi connectivity index (χ0) is 13.0. The lowest BCUT2D eigenvalue weighted by atomic mass is 10.00. The van der Waals surface area contributed by atoms with Crippen molar-refractivity contribution in [3.63, 3.8) is 0 Å². The highest BCUT2D eigenvalue weighted by atomic mass is 14.9. The number of nitrogens with one attached hydrogen (secondary N) is 1. The zero-order valence-electron chi connectivity index (χ0n) is 10.9. The first-order valence-electron chi connectivity index (χ1n) is 6.12. The number of hydrogen-bond donors (Lipinski definition) is 1. The molecular formula is C16H18N2. The average molecular weight is 238 g/mol. The molecule has 0 saturated carbocycles. The molecule has 0 bridgehead atoms. The van der Waals surface area contributed by atoms with Crippen molar-refractivity contribution in [3.05, 3.63) is 54.8 Å². The van der Waals surface area contributed by atoms with E-state index in [1.54, 1.807) is 0 Å². The summed E-state index contributed by atoms with van der Waals surface area (Å²) < 4.78 is 0. The van der Waals surface area contributed by atoms with Crippen LogP contribution in [0.2, 0.25) is 0 Å². The standard InChI is InChI=1S/C16H18N2/c1-4-6-12(5-2)13-7-8-14-11-18-16(17-3)10-15(14)9-13/h4-5,7-11H,1,6H2,2-3H3,(H,17,18)/b12-5+. The van der Waals surface area contributed by atoms with Gasteiger partial charge in [0.05, 0.1) is 0 Å². The van der Waals surface area contributed by atoms with Crippen molar-refractivity contribution >= 4 is 22.2 Å². The van der Waals surface area contributed by atoms with Crippen molar-refractivity contribution in [1.82, 2.24) is 4.98 Å². The van der Waals surface area contributed by atoms with Crippen LogP contribution >= 0.6 is 0 Å². The van der Waals surface area contributed by atoms with Crippen LogP contribution in [0.15, 0.2) is 49.2 Å². The van der Waals surface area contributed by atoms with E-state index in [4.69, 9.17) is 0 Å². The van der Waals surface area contributed by atoms with Crippen LogP contribution in [0.1, 0.15) is 18.9 Å². The Hall–Kier alpha value is -2.09. The molecule has 1 aromatic carbocycles. The quantitative estimate of drug-likeness (QED) is 0.805. The summed E-state index contributed by atoms with van der Waals surface area (Å²) in [5.41, 5.74) is 2.55. The Morgan fingerprint density at radius 1 is 1.33 bits per heavy atom. The molecule has 0 unspecified atom stereocenters. The number of hydrogen-bond acceptors (Lipinski definition) is 2. The van der Waals surface area contributed by atoms with Gasteiger partial charge in [-0.25, -0.2) is 4.98 Å². The number of allylic oxidation sites excluding steroid dienone is 3. The van der Waals surface area contributed by atoms with E-state index in [-0.39, 0.29) is 0 Å². The SMILES string of the molecule is C=CC/C(=C\C)c1ccc2cnc(NC)cc2c1. The first-order chi connectivity index (χ1) is 8.78. The fourth-order valence-corrected chi connectivity index (χ4v) is 2.04. The average Bonchev–Trinajstić information content (AvgIpc) is 2.43. The third-order valence-corrected chi connectivity index (χ3v) is 3.06. The summed E-state index contributed by atoms with van der Waals surface area (Å²) in [5.74, 6) is 0.894. The summed E-state index contributed by atoms with van der Waals surface area (Å²) in [6.07, 6.45) is 6.87. The van der Waals surface area contributed by atoms with Crippen molar-refractivity contribution in [2.45, 2.75) is 13.3 Å². The Morgan fingerprint density at radius 2 is 2.17 bits per heavy atom. The zero-order valence-corrected chi connectivity index (χ0v) is 10.9. The minimum Gasteiger partial charge on any atom is -0.373 e. The number of anilines is 1. The maximum Gasteiger partial charge on any atom is 0.126 e. The van der Waals surface area contributed by atoms with Crippen LogP contribution in [0.25, 0.3) is 16.3 Å². The second kappa shape index (κ2) is 5.50. The van der Waals surface area contributed by atoms with Gasteiger partial charge in [0.2, 0.25) is 0 Å².